The van der Waals surface area contributed by atoms with E-state index in [9.17, 15) is 10.5 Å². The van der Waals surface area contributed by atoms with E-state index in [-0.39, 0.29) is 0 Å². The smallest absolute Gasteiger partial charge is 0.0994 e. The SMILES string of the molecule is CC(C)(C)C1CC=C(C(C#N)=CC=Cc2ccccc2)CC1.N#CC(=CC=Cc1ccccc1)C1=CCCCC1. The first kappa shape index (κ1) is 30.4. The predicted molar refractivity (Wildman–Crippen MR) is 170 cm³/mol. The van der Waals surface area contributed by atoms with Gasteiger partial charge in [0.1, 0.15) is 0 Å². The van der Waals surface area contributed by atoms with E-state index < -0.39 is 0 Å². The minimum Gasteiger partial charge on any atom is -0.192 e. The summed E-state index contributed by atoms with van der Waals surface area (Å²) in [6, 6.07) is 24.9. The second-order valence-corrected chi connectivity index (χ2v) is 11.5. The Morgan fingerprint density at radius 3 is 1.65 bits per heavy atom. The molecule has 0 bridgehead atoms. The van der Waals surface area contributed by atoms with Crippen LogP contribution in [0, 0.1) is 34.0 Å². The fourth-order valence-corrected chi connectivity index (χ4v) is 5.02. The van der Waals surface area contributed by atoms with Crippen LogP contribution in [0.25, 0.3) is 12.2 Å². The molecule has 2 heteroatoms. The fraction of sp³-hybridized carbons (Fsp3) is 0.316. The molecule has 0 aliphatic heterocycles. The van der Waals surface area contributed by atoms with Crippen LogP contribution < -0.4 is 0 Å². The summed E-state index contributed by atoms with van der Waals surface area (Å²) in [7, 11) is 0. The Balaban J connectivity index is 0.000000225. The van der Waals surface area contributed by atoms with E-state index >= 15 is 0 Å². The van der Waals surface area contributed by atoms with Gasteiger partial charge in [-0.1, -0.05) is 118 Å². The monoisotopic (exact) mass is 526 g/mol. The van der Waals surface area contributed by atoms with Crippen molar-refractivity contribution in [3.8, 4) is 12.1 Å². The highest BCUT2D eigenvalue weighted by atomic mass is 14.3. The second kappa shape index (κ2) is 16.1. The predicted octanol–water partition coefficient (Wildman–Crippen LogP) is 10.6. The number of nitrogens with zero attached hydrogens (tertiary/aromatic N) is 2. The van der Waals surface area contributed by atoms with Crippen molar-refractivity contribution in [3.63, 3.8) is 0 Å². The number of nitriles is 2. The van der Waals surface area contributed by atoms with Gasteiger partial charge in [0.25, 0.3) is 0 Å². The molecular formula is C38H42N2. The molecule has 2 aromatic carbocycles. The van der Waals surface area contributed by atoms with Gasteiger partial charge in [0, 0.05) is 0 Å². The normalized spacial score (nSPS) is 18.3. The van der Waals surface area contributed by atoms with Crippen molar-refractivity contribution in [3.05, 3.63) is 131 Å². The standard InChI is InChI=1S/C21H25N.C17H17N/c1-21(2,3)20-14-12-18(13-15-20)19(16-22)11-7-10-17-8-5-4-6-9-17;18-14-17(16-11-5-2-6-12-16)13-7-10-15-8-3-1-4-9-15/h4-12,20H,13-15H2,1-3H3;1,3-4,7-11,13H,2,5-6,12H2. The number of allylic oxidation sites excluding steroid dienone is 10. The van der Waals surface area contributed by atoms with Gasteiger partial charge in [0.05, 0.1) is 23.3 Å². The number of hydrogen-bond acceptors (Lipinski definition) is 2. The van der Waals surface area contributed by atoms with Crippen LogP contribution in [-0.2, 0) is 0 Å². The number of benzene rings is 2. The lowest BCUT2D eigenvalue weighted by Crippen LogP contribution is -2.22. The van der Waals surface area contributed by atoms with Crippen molar-refractivity contribution in [2.75, 3.05) is 0 Å². The summed E-state index contributed by atoms with van der Waals surface area (Å²) < 4.78 is 0. The minimum absolute atomic E-state index is 0.353. The molecule has 0 N–H and O–H groups in total. The van der Waals surface area contributed by atoms with Crippen molar-refractivity contribution in [2.45, 2.75) is 65.7 Å². The summed E-state index contributed by atoms with van der Waals surface area (Å²) in [4.78, 5) is 0. The van der Waals surface area contributed by atoms with E-state index in [1.54, 1.807) is 0 Å². The molecule has 0 amide bonds. The van der Waals surface area contributed by atoms with E-state index in [1.807, 2.05) is 72.9 Å². The van der Waals surface area contributed by atoms with Crippen LogP contribution in [0.1, 0.15) is 76.8 Å². The first-order valence-corrected chi connectivity index (χ1v) is 14.5. The molecule has 2 aliphatic rings. The second-order valence-electron chi connectivity index (χ2n) is 11.5. The molecule has 1 unspecified atom stereocenters. The van der Waals surface area contributed by atoms with Gasteiger partial charge in [-0.15, -0.1) is 0 Å². The van der Waals surface area contributed by atoms with Gasteiger partial charge < -0.3 is 0 Å². The molecule has 40 heavy (non-hydrogen) atoms. The summed E-state index contributed by atoms with van der Waals surface area (Å²) >= 11 is 0. The quantitative estimate of drug-likeness (QED) is 0.277. The summed E-state index contributed by atoms with van der Waals surface area (Å²) in [6.45, 7) is 6.92. The zero-order valence-electron chi connectivity index (χ0n) is 24.3. The highest BCUT2D eigenvalue weighted by Crippen LogP contribution is 2.38. The van der Waals surface area contributed by atoms with Gasteiger partial charge in [-0.05, 0) is 90.7 Å². The fourth-order valence-electron chi connectivity index (χ4n) is 5.02. The molecule has 0 radical (unpaired) electrons. The molecule has 2 aliphatic carbocycles. The zero-order chi connectivity index (χ0) is 28.6. The Bertz CT molecular complexity index is 1340. The van der Waals surface area contributed by atoms with Gasteiger partial charge in [0.2, 0.25) is 0 Å². The average molecular weight is 527 g/mol. The van der Waals surface area contributed by atoms with Crippen LogP contribution >= 0.6 is 0 Å². The molecule has 204 valence electrons. The lowest BCUT2D eigenvalue weighted by atomic mass is 9.72. The molecule has 0 heterocycles. The van der Waals surface area contributed by atoms with E-state index in [2.05, 4.69) is 69.3 Å². The largest absolute Gasteiger partial charge is 0.192 e. The molecule has 0 fully saturated rings. The Hall–Kier alpha value is -4.14. The first-order chi connectivity index (χ1) is 19.4. The maximum absolute atomic E-state index is 9.41. The molecule has 2 nitrogen and oxygen atoms in total. The molecule has 0 aromatic heterocycles. The highest BCUT2D eigenvalue weighted by Gasteiger charge is 2.26. The maximum Gasteiger partial charge on any atom is 0.0994 e. The summed E-state index contributed by atoms with van der Waals surface area (Å²) in [5, 5.41) is 18.6. The molecule has 0 saturated carbocycles. The Kier molecular flexibility index (Phi) is 12.2. The molecule has 2 aromatic rings. The maximum atomic E-state index is 9.41. The van der Waals surface area contributed by atoms with Crippen molar-refractivity contribution in [2.24, 2.45) is 11.3 Å². The van der Waals surface area contributed by atoms with Crippen LogP contribution in [-0.4, -0.2) is 0 Å². The van der Waals surface area contributed by atoms with E-state index in [1.165, 1.54) is 30.4 Å². The molecular weight excluding hydrogens is 484 g/mol. The topological polar surface area (TPSA) is 47.6 Å². The third-order valence-electron chi connectivity index (χ3n) is 7.56. The lowest BCUT2D eigenvalue weighted by molar-refractivity contribution is 0.221. The van der Waals surface area contributed by atoms with Gasteiger partial charge in [0.15, 0.2) is 0 Å². The van der Waals surface area contributed by atoms with Gasteiger partial charge in [-0.25, -0.2) is 0 Å². The first-order valence-electron chi connectivity index (χ1n) is 14.5. The Morgan fingerprint density at radius 1 is 0.725 bits per heavy atom. The molecule has 1 atom stereocenters. The summed E-state index contributed by atoms with van der Waals surface area (Å²) in [6.07, 6.45) is 24.2. The Morgan fingerprint density at radius 2 is 1.25 bits per heavy atom. The van der Waals surface area contributed by atoms with Crippen LogP contribution in [0.5, 0.6) is 0 Å². The van der Waals surface area contributed by atoms with Crippen LogP contribution in [0.3, 0.4) is 0 Å². The minimum atomic E-state index is 0.353. The summed E-state index contributed by atoms with van der Waals surface area (Å²) in [5.74, 6) is 0.719. The Labute approximate surface area is 242 Å². The van der Waals surface area contributed by atoms with Gasteiger partial charge in [-0.3, -0.25) is 0 Å². The van der Waals surface area contributed by atoms with Gasteiger partial charge >= 0.3 is 0 Å². The van der Waals surface area contributed by atoms with E-state index in [0.717, 1.165) is 53.9 Å². The van der Waals surface area contributed by atoms with E-state index in [0.29, 0.717) is 5.41 Å². The third-order valence-corrected chi connectivity index (χ3v) is 7.56. The van der Waals surface area contributed by atoms with E-state index in [4.69, 9.17) is 0 Å². The van der Waals surface area contributed by atoms with Gasteiger partial charge in [-0.2, -0.15) is 10.5 Å². The van der Waals surface area contributed by atoms with Crippen LogP contribution in [0.2, 0.25) is 0 Å². The number of hydrogen-bond donors (Lipinski definition) is 0. The zero-order valence-corrected chi connectivity index (χ0v) is 24.3. The van der Waals surface area contributed by atoms with Crippen molar-refractivity contribution >= 4 is 12.2 Å². The molecule has 0 saturated heterocycles. The number of rotatable bonds is 6. The van der Waals surface area contributed by atoms with Crippen molar-refractivity contribution < 1.29 is 0 Å². The van der Waals surface area contributed by atoms with Crippen LogP contribution in [0.15, 0.2) is 119 Å². The van der Waals surface area contributed by atoms with Crippen molar-refractivity contribution in [1.29, 1.82) is 10.5 Å². The average Bonchev–Trinajstić information content (AvgIpc) is 2.99. The molecule has 4 rings (SSSR count). The van der Waals surface area contributed by atoms with Crippen LogP contribution in [0.4, 0.5) is 0 Å². The molecule has 0 spiro atoms. The third kappa shape index (κ3) is 10.2. The summed E-state index contributed by atoms with van der Waals surface area (Å²) in [5.41, 5.74) is 6.69. The highest BCUT2D eigenvalue weighted by molar-refractivity contribution is 5.55. The van der Waals surface area contributed by atoms with Crippen molar-refractivity contribution in [1.82, 2.24) is 0 Å². The lowest BCUT2D eigenvalue weighted by Gasteiger charge is -2.33.